The maximum Gasteiger partial charge on any atom is 0.0741 e. The molecule has 0 aliphatic heterocycles. The molecule has 1 aromatic heterocycles. The molecule has 0 bridgehead atoms. The lowest BCUT2D eigenvalue weighted by Gasteiger charge is -2.13. The minimum atomic E-state index is 1.09. The number of hydrogen-bond donors (Lipinski definition) is 0. The lowest BCUT2D eigenvalue weighted by atomic mass is 9.96. The van der Waals surface area contributed by atoms with E-state index >= 15 is 0 Å². The Kier molecular flexibility index (Phi) is 3.29. The Labute approximate surface area is 126 Å². The molecule has 0 unspecified atom stereocenters. The molecule has 0 saturated carbocycles. The number of aromatic nitrogens is 1. The van der Waals surface area contributed by atoms with E-state index in [1.165, 1.54) is 38.8 Å². The number of pyridine rings is 1. The summed E-state index contributed by atoms with van der Waals surface area (Å²) in [6.07, 6.45) is 0. The summed E-state index contributed by atoms with van der Waals surface area (Å²) in [5, 5.41) is 1.26. The molecule has 0 aliphatic rings. The molecule has 21 heavy (non-hydrogen) atoms. The third kappa shape index (κ3) is 2.44. The minimum absolute atomic E-state index is 1.09. The van der Waals surface area contributed by atoms with Crippen molar-refractivity contribution in [2.75, 3.05) is 0 Å². The summed E-state index contributed by atoms with van der Waals surface area (Å²) in [5.74, 6) is 0. The van der Waals surface area contributed by atoms with Crippen LogP contribution in [0.15, 0.2) is 36.4 Å². The Hall–Kier alpha value is -2.15. The summed E-state index contributed by atoms with van der Waals surface area (Å²) in [6, 6.07) is 13.2. The smallest absolute Gasteiger partial charge is 0.0741 e. The molecule has 0 N–H and O–H groups in total. The van der Waals surface area contributed by atoms with Gasteiger partial charge in [-0.15, -0.1) is 0 Å². The number of hydrogen-bond acceptors (Lipinski definition) is 1. The highest BCUT2D eigenvalue weighted by atomic mass is 14.7. The molecule has 0 fully saturated rings. The van der Waals surface area contributed by atoms with E-state index in [1.54, 1.807) is 0 Å². The number of benzene rings is 2. The van der Waals surface area contributed by atoms with Gasteiger partial charge in [-0.3, -0.25) is 0 Å². The number of fused-ring (bicyclic) bond motifs is 1. The monoisotopic (exact) mass is 275 g/mol. The maximum atomic E-state index is 4.95. The van der Waals surface area contributed by atoms with Gasteiger partial charge in [0.1, 0.15) is 0 Å². The Morgan fingerprint density at radius 2 is 1.33 bits per heavy atom. The molecule has 1 heterocycles. The van der Waals surface area contributed by atoms with Gasteiger partial charge in [0.15, 0.2) is 0 Å². The van der Waals surface area contributed by atoms with Crippen molar-refractivity contribution in [3.05, 3.63) is 64.2 Å². The zero-order valence-electron chi connectivity index (χ0n) is 13.4. The quantitative estimate of drug-likeness (QED) is 0.576. The van der Waals surface area contributed by atoms with E-state index in [0.717, 1.165) is 11.2 Å². The van der Waals surface area contributed by atoms with Crippen LogP contribution in [0.1, 0.15) is 27.8 Å². The zero-order chi connectivity index (χ0) is 15.1. The van der Waals surface area contributed by atoms with Gasteiger partial charge in [0, 0.05) is 10.9 Å². The fraction of sp³-hybridized carbons (Fsp3) is 0.250. The van der Waals surface area contributed by atoms with E-state index in [4.69, 9.17) is 4.98 Å². The summed E-state index contributed by atoms with van der Waals surface area (Å²) in [6.45, 7) is 10.8. The van der Waals surface area contributed by atoms with Crippen molar-refractivity contribution >= 4 is 10.9 Å². The molecule has 1 nitrogen and oxygen atoms in total. The highest BCUT2D eigenvalue weighted by molar-refractivity contribution is 5.87. The second kappa shape index (κ2) is 5.00. The van der Waals surface area contributed by atoms with Crippen LogP contribution < -0.4 is 0 Å². The van der Waals surface area contributed by atoms with Crippen LogP contribution >= 0.6 is 0 Å². The van der Waals surface area contributed by atoms with Crippen LogP contribution in [0.3, 0.4) is 0 Å². The molecule has 106 valence electrons. The number of nitrogens with zero attached hydrogens (tertiary/aromatic N) is 1. The van der Waals surface area contributed by atoms with Gasteiger partial charge < -0.3 is 0 Å². The van der Waals surface area contributed by atoms with E-state index in [2.05, 4.69) is 71.0 Å². The Bertz CT molecular complexity index is 824. The van der Waals surface area contributed by atoms with Crippen LogP contribution in [0.2, 0.25) is 0 Å². The van der Waals surface area contributed by atoms with Crippen LogP contribution in [0.25, 0.3) is 22.2 Å². The van der Waals surface area contributed by atoms with E-state index in [-0.39, 0.29) is 0 Å². The maximum absolute atomic E-state index is 4.95. The first-order chi connectivity index (χ1) is 9.95. The first-order valence-electron chi connectivity index (χ1n) is 7.42. The Morgan fingerprint density at radius 1 is 0.667 bits per heavy atom. The second-order valence-electron chi connectivity index (χ2n) is 6.11. The fourth-order valence-electron chi connectivity index (χ4n) is 3.03. The molecule has 0 aliphatic carbocycles. The van der Waals surface area contributed by atoms with Crippen molar-refractivity contribution in [3.8, 4) is 11.3 Å². The van der Waals surface area contributed by atoms with Crippen LogP contribution in [-0.2, 0) is 0 Å². The standard InChI is InChI=1S/C20H21N/c1-12-6-7-18-15(4)16(5)20(21-19(18)11-12)17-9-13(2)8-14(3)10-17/h6-11H,1-5H3. The summed E-state index contributed by atoms with van der Waals surface area (Å²) in [4.78, 5) is 4.95. The van der Waals surface area contributed by atoms with Crippen molar-refractivity contribution in [1.82, 2.24) is 4.98 Å². The van der Waals surface area contributed by atoms with Crippen LogP contribution in [-0.4, -0.2) is 4.98 Å². The fourth-order valence-corrected chi connectivity index (χ4v) is 3.03. The molecule has 0 atom stereocenters. The second-order valence-corrected chi connectivity index (χ2v) is 6.11. The van der Waals surface area contributed by atoms with Gasteiger partial charge in [0.25, 0.3) is 0 Å². The summed E-state index contributed by atoms with van der Waals surface area (Å²) < 4.78 is 0. The first-order valence-corrected chi connectivity index (χ1v) is 7.42. The minimum Gasteiger partial charge on any atom is -0.247 e. The molecule has 0 spiro atoms. The van der Waals surface area contributed by atoms with Gasteiger partial charge >= 0.3 is 0 Å². The lowest BCUT2D eigenvalue weighted by molar-refractivity contribution is 1.26. The van der Waals surface area contributed by atoms with Crippen molar-refractivity contribution in [2.24, 2.45) is 0 Å². The predicted molar refractivity (Wildman–Crippen MR) is 90.9 cm³/mol. The third-order valence-corrected chi connectivity index (χ3v) is 4.20. The lowest BCUT2D eigenvalue weighted by Crippen LogP contribution is -1.96. The van der Waals surface area contributed by atoms with Crippen molar-refractivity contribution < 1.29 is 0 Å². The molecule has 0 radical (unpaired) electrons. The van der Waals surface area contributed by atoms with Crippen LogP contribution in [0.5, 0.6) is 0 Å². The largest absolute Gasteiger partial charge is 0.247 e. The SMILES string of the molecule is Cc1cc(C)cc(-c2nc3cc(C)ccc3c(C)c2C)c1. The topological polar surface area (TPSA) is 12.9 Å². The van der Waals surface area contributed by atoms with Crippen LogP contribution in [0, 0.1) is 34.6 Å². The average Bonchev–Trinajstić information content (AvgIpc) is 2.41. The predicted octanol–water partition coefficient (Wildman–Crippen LogP) is 5.44. The summed E-state index contributed by atoms with van der Waals surface area (Å²) in [7, 11) is 0. The Morgan fingerprint density at radius 3 is 2.00 bits per heavy atom. The van der Waals surface area contributed by atoms with Gasteiger partial charge in [0.2, 0.25) is 0 Å². The molecule has 2 aromatic carbocycles. The van der Waals surface area contributed by atoms with Gasteiger partial charge in [-0.25, -0.2) is 4.98 Å². The third-order valence-electron chi connectivity index (χ3n) is 4.20. The normalized spacial score (nSPS) is 11.1. The summed E-state index contributed by atoms with van der Waals surface area (Å²) >= 11 is 0. The highest BCUT2D eigenvalue weighted by Gasteiger charge is 2.11. The van der Waals surface area contributed by atoms with E-state index in [1.807, 2.05) is 0 Å². The number of aryl methyl sites for hydroxylation is 4. The Balaban J connectivity index is 2.34. The van der Waals surface area contributed by atoms with E-state index in [0.29, 0.717) is 0 Å². The molecule has 3 rings (SSSR count). The van der Waals surface area contributed by atoms with Gasteiger partial charge in [0.05, 0.1) is 11.2 Å². The number of rotatable bonds is 1. The van der Waals surface area contributed by atoms with E-state index < -0.39 is 0 Å². The highest BCUT2D eigenvalue weighted by Crippen LogP contribution is 2.30. The van der Waals surface area contributed by atoms with Gasteiger partial charge in [-0.1, -0.05) is 29.3 Å². The van der Waals surface area contributed by atoms with Gasteiger partial charge in [-0.2, -0.15) is 0 Å². The molecule has 1 heteroatoms. The average molecular weight is 275 g/mol. The first kappa shape index (κ1) is 13.8. The molecular weight excluding hydrogens is 254 g/mol. The molecular formula is C20H21N. The van der Waals surface area contributed by atoms with E-state index in [9.17, 15) is 0 Å². The molecule has 0 amide bonds. The van der Waals surface area contributed by atoms with Crippen LogP contribution in [0.4, 0.5) is 0 Å². The molecule has 0 saturated heterocycles. The van der Waals surface area contributed by atoms with Crippen molar-refractivity contribution in [1.29, 1.82) is 0 Å². The molecule has 3 aromatic rings. The summed E-state index contributed by atoms with van der Waals surface area (Å²) in [5.41, 5.74) is 9.85. The van der Waals surface area contributed by atoms with Crippen molar-refractivity contribution in [2.45, 2.75) is 34.6 Å². The van der Waals surface area contributed by atoms with Crippen molar-refractivity contribution in [3.63, 3.8) is 0 Å². The van der Waals surface area contributed by atoms with Gasteiger partial charge in [-0.05, 0) is 69.5 Å². The zero-order valence-corrected chi connectivity index (χ0v) is 13.4.